The Labute approximate surface area is 195 Å². The first-order chi connectivity index (χ1) is 15.4. The Morgan fingerprint density at radius 3 is 2.62 bits per heavy atom. The number of ether oxygens (including phenoxy) is 2. The molecule has 1 aliphatic heterocycles. The summed E-state index contributed by atoms with van der Waals surface area (Å²) in [6, 6.07) is 10.6. The molecule has 0 fully saturated rings. The average Bonchev–Trinajstić information content (AvgIpc) is 3.36. The lowest BCUT2D eigenvalue weighted by atomic mass is 9.98. The molecular weight excluding hydrogens is 452 g/mol. The van der Waals surface area contributed by atoms with Crippen molar-refractivity contribution in [2.75, 3.05) is 12.5 Å². The highest BCUT2D eigenvalue weighted by atomic mass is 35.5. The van der Waals surface area contributed by atoms with Gasteiger partial charge in [0.15, 0.2) is 11.5 Å². The van der Waals surface area contributed by atoms with Crippen LogP contribution in [0, 0.1) is 5.92 Å². The van der Waals surface area contributed by atoms with E-state index in [1.165, 1.54) is 4.57 Å². The van der Waals surface area contributed by atoms with Crippen LogP contribution >= 0.6 is 24.2 Å². The number of carbonyl (C=O) groups is 2. The molecular formula is C23H23ClN2O5S. The minimum absolute atomic E-state index is 0.136. The molecule has 3 aromatic rings. The van der Waals surface area contributed by atoms with Gasteiger partial charge in [-0.2, -0.15) is 12.6 Å². The number of amides is 1. The van der Waals surface area contributed by atoms with E-state index >= 15 is 0 Å². The zero-order valence-electron chi connectivity index (χ0n) is 17.4. The number of carboxylic acid groups (broad SMARTS) is 1. The van der Waals surface area contributed by atoms with Gasteiger partial charge in [-0.15, -0.1) is 0 Å². The fraction of sp³-hybridized carbons (Fsp3) is 0.304. The lowest BCUT2D eigenvalue weighted by Crippen LogP contribution is -2.39. The van der Waals surface area contributed by atoms with Crippen LogP contribution in [0.2, 0.25) is 5.02 Å². The predicted octanol–water partition coefficient (Wildman–Crippen LogP) is 4.39. The number of benzene rings is 2. The Morgan fingerprint density at radius 2 is 1.91 bits per heavy atom. The topological polar surface area (TPSA) is 89.8 Å². The monoisotopic (exact) mass is 474 g/mol. The molecule has 2 heterocycles. The molecule has 0 saturated heterocycles. The first-order valence-corrected chi connectivity index (χ1v) is 11.2. The van der Waals surface area contributed by atoms with E-state index in [0.717, 1.165) is 16.5 Å². The van der Waals surface area contributed by atoms with Crippen LogP contribution in [0.5, 0.6) is 11.5 Å². The minimum atomic E-state index is -1.04. The maximum Gasteiger partial charge on any atom is 0.416 e. The third kappa shape index (κ3) is 4.52. The fourth-order valence-electron chi connectivity index (χ4n) is 3.93. The Hall–Kier alpha value is -2.84. The summed E-state index contributed by atoms with van der Waals surface area (Å²) in [7, 11) is 0. The van der Waals surface area contributed by atoms with E-state index in [1.807, 2.05) is 19.1 Å². The van der Waals surface area contributed by atoms with Crippen molar-refractivity contribution in [1.29, 1.82) is 0 Å². The van der Waals surface area contributed by atoms with E-state index in [-0.39, 0.29) is 24.7 Å². The molecule has 0 aliphatic carbocycles. The van der Waals surface area contributed by atoms with Gasteiger partial charge in [0.2, 0.25) is 12.7 Å². The van der Waals surface area contributed by atoms with Crippen molar-refractivity contribution in [2.24, 2.45) is 5.92 Å². The van der Waals surface area contributed by atoms with Crippen LogP contribution in [0.15, 0.2) is 42.6 Å². The molecule has 32 heavy (non-hydrogen) atoms. The number of nitrogens with one attached hydrogen (secondary N) is 1. The number of rotatable bonds is 7. The van der Waals surface area contributed by atoms with Gasteiger partial charge >= 0.3 is 6.09 Å². The predicted molar refractivity (Wildman–Crippen MR) is 125 cm³/mol. The van der Waals surface area contributed by atoms with Crippen molar-refractivity contribution >= 4 is 47.1 Å². The Balaban J connectivity index is 1.45. The van der Waals surface area contributed by atoms with E-state index < -0.39 is 6.09 Å². The van der Waals surface area contributed by atoms with Gasteiger partial charge < -0.3 is 19.9 Å². The molecule has 0 bridgehead atoms. The summed E-state index contributed by atoms with van der Waals surface area (Å²) < 4.78 is 11.9. The van der Waals surface area contributed by atoms with Crippen molar-refractivity contribution in [1.82, 2.24) is 9.88 Å². The zero-order valence-corrected chi connectivity index (χ0v) is 19.0. The van der Waals surface area contributed by atoms with E-state index in [1.54, 1.807) is 30.5 Å². The van der Waals surface area contributed by atoms with Gasteiger partial charge in [-0.1, -0.05) is 29.8 Å². The van der Waals surface area contributed by atoms with Crippen LogP contribution in [0.1, 0.15) is 18.1 Å². The molecule has 7 nitrogen and oxygen atoms in total. The second-order valence-electron chi connectivity index (χ2n) is 7.82. The molecule has 1 aliphatic rings. The van der Waals surface area contributed by atoms with Crippen LogP contribution < -0.4 is 14.8 Å². The van der Waals surface area contributed by atoms with Crippen molar-refractivity contribution in [3.05, 3.63) is 58.7 Å². The van der Waals surface area contributed by atoms with Crippen molar-refractivity contribution in [2.45, 2.75) is 25.8 Å². The highest BCUT2D eigenvalue weighted by Crippen LogP contribution is 2.37. The highest BCUT2D eigenvalue weighted by molar-refractivity contribution is 7.80. The molecule has 2 N–H and O–H groups in total. The average molecular weight is 475 g/mol. The van der Waals surface area contributed by atoms with Gasteiger partial charge in [-0.05, 0) is 43.0 Å². The molecule has 1 unspecified atom stereocenters. The maximum absolute atomic E-state index is 12.9. The summed E-state index contributed by atoms with van der Waals surface area (Å²) in [5.41, 5.74) is 2.28. The van der Waals surface area contributed by atoms with Gasteiger partial charge in [0.05, 0.1) is 11.4 Å². The molecule has 9 heteroatoms. The number of carbonyl (C=O) groups excluding carboxylic acids is 1. The summed E-state index contributed by atoms with van der Waals surface area (Å²) >= 11 is 10.7. The molecule has 168 valence electrons. The Morgan fingerprint density at radius 1 is 1.19 bits per heavy atom. The van der Waals surface area contributed by atoms with Gasteiger partial charge in [0, 0.05) is 34.5 Å². The first kappa shape index (κ1) is 22.4. The third-order valence-electron chi connectivity index (χ3n) is 5.51. The summed E-state index contributed by atoms with van der Waals surface area (Å²) in [6.45, 7) is 2.05. The normalized spacial score (nSPS) is 14.3. The Bertz CT molecular complexity index is 1180. The second kappa shape index (κ2) is 9.34. The summed E-state index contributed by atoms with van der Waals surface area (Å²) in [5, 5.41) is 13.9. The van der Waals surface area contributed by atoms with E-state index in [0.29, 0.717) is 40.6 Å². The van der Waals surface area contributed by atoms with Crippen molar-refractivity contribution in [3.8, 4) is 11.5 Å². The summed E-state index contributed by atoms with van der Waals surface area (Å²) in [5.74, 6) is 1.04. The zero-order chi connectivity index (χ0) is 22.8. The number of fused-ring (bicyclic) bond motifs is 2. The quantitative estimate of drug-likeness (QED) is 0.442. The molecule has 2 atom stereocenters. The number of hydrogen-bond acceptors (Lipinski definition) is 5. The van der Waals surface area contributed by atoms with Gasteiger partial charge in [0.25, 0.3) is 0 Å². The van der Waals surface area contributed by atoms with Crippen LogP contribution in [0.25, 0.3) is 10.9 Å². The summed E-state index contributed by atoms with van der Waals surface area (Å²) in [4.78, 5) is 24.5. The molecule has 4 rings (SSSR count). The fourth-order valence-corrected chi connectivity index (χ4v) is 4.46. The molecule has 0 saturated carbocycles. The number of hydrogen-bond donors (Lipinski definition) is 3. The number of nitrogens with zero attached hydrogens (tertiary/aromatic N) is 1. The van der Waals surface area contributed by atoms with E-state index in [9.17, 15) is 14.7 Å². The lowest BCUT2D eigenvalue weighted by molar-refractivity contribution is -0.124. The SMILES string of the molecule is C[C@H](Cc1cn(C(=O)O)c2ccccc12)NC(=O)C(CS)Cc1cc2c(cc1Cl)OCO2. The molecule has 0 radical (unpaired) electrons. The molecule has 2 aromatic carbocycles. The first-order valence-electron chi connectivity index (χ1n) is 10.2. The third-order valence-corrected chi connectivity index (χ3v) is 6.31. The lowest BCUT2D eigenvalue weighted by Gasteiger charge is -2.20. The second-order valence-corrected chi connectivity index (χ2v) is 8.59. The van der Waals surface area contributed by atoms with Gasteiger partial charge in [-0.3, -0.25) is 9.36 Å². The van der Waals surface area contributed by atoms with Crippen LogP contribution in [-0.4, -0.2) is 40.3 Å². The number of aromatic nitrogens is 1. The molecule has 1 aromatic heterocycles. The van der Waals surface area contributed by atoms with Crippen molar-refractivity contribution < 1.29 is 24.2 Å². The highest BCUT2D eigenvalue weighted by Gasteiger charge is 2.24. The van der Waals surface area contributed by atoms with Gasteiger partial charge in [0.1, 0.15) is 0 Å². The molecule has 0 spiro atoms. The standard InChI is InChI=1S/C23H23ClN2O5S/c1-13(6-15-10-26(23(28)29)19-5-3-2-4-17(15)19)25-22(27)16(11-32)7-14-8-20-21(9-18(14)24)31-12-30-20/h2-5,8-10,13,16,32H,6-7,11-12H2,1H3,(H,25,27)(H,28,29)/t13-,16?/m1/s1. The largest absolute Gasteiger partial charge is 0.464 e. The van der Waals surface area contributed by atoms with E-state index in [2.05, 4.69) is 17.9 Å². The van der Waals surface area contributed by atoms with Crippen molar-refractivity contribution in [3.63, 3.8) is 0 Å². The molecule has 1 amide bonds. The maximum atomic E-state index is 12.9. The smallest absolute Gasteiger partial charge is 0.416 e. The van der Waals surface area contributed by atoms with E-state index in [4.69, 9.17) is 21.1 Å². The van der Waals surface area contributed by atoms with Gasteiger partial charge in [-0.25, -0.2) is 4.79 Å². The number of halogens is 1. The van der Waals surface area contributed by atoms with Crippen LogP contribution in [-0.2, 0) is 17.6 Å². The summed E-state index contributed by atoms with van der Waals surface area (Å²) in [6.07, 6.45) is 1.48. The Kier molecular flexibility index (Phi) is 6.53. The van der Waals surface area contributed by atoms with Crippen LogP contribution in [0.4, 0.5) is 4.79 Å². The number of para-hydroxylation sites is 1. The number of thiol groups is 1. The van der Waals surface area contributed by atoms with Crippen LogP contribution in [0.3, 0.4) is 0 Å². The minimum Gasteiger partial charge on any atom is -0.464 e.